The largest absolute Gasteiger partial charge is 0.457 e. The van der Waals surface area contributed by atoms with E-state index in [2.05, 4.69) is 38.9 Å². The van der Waals surface area contributed by atoms with Crippen LogP contribution in [0.4, 0.5) is 10.5 Å². The zero-order valence-corrected chi connectivity index (χ0v) is 23.8. The van der Waals surface area contributed by atoms with Gasteiger partial charge in [-0.1, -0.05) is 37.3 Å². The number of piperidine rings is 1. The van der Waals surface area contributed by atoms with Crippen molar-refractivity contribution in [3.05, 3.63) is 54.1 Å². The molecule has 2 aromatic rings. The Morgan fingerprint density at radius 2 is 1.59 bits per heavy atom. The summed E-state index contributed by atoms with van der Waals surface area (Å²) in [7, 11) is -3.31. The van der Waals surface area contributed by atoms with Crippen LogP contribution in [0.5, 0.6) is 11.5 Å². The molecule has 0 atom stereocenters. The molecular weight excluding hydrogens is 512 g/mol. The van der Waals surface area contributed by atoms with E-state index in [9.17, 15) is 13.2 Å². The molecule has 8 nitrogen and oxygen atoms in total. The van der Waals surface area contributed by atoms with Crippen molar-refractivity contribution >= 4 is 21.7 Å². The molecule has 1 saturated carbocycles. The summed E-state index contributed by atoms with van der Waals surface area (Å²) in [5, 5.41) is 3.30. The second-order valence-electron chi connectivity index (χ2n) is 10.5. The monoisotopic (exact) mass is 552 g/mol. The maximum Gasteiger partial charge on any atom is 0.318 e. The molecule has 2 N–H and O–H groups in total. The lowest BCUT2D eigenvalue weighted by Crippen LogP contribution is -2.52. The van der Waals surface area contributed by atoms with Crippen LogP contribution in [0.25, 0.3) is 0 Å². The molecular formula is C30H40N4O4S. The highest BCUT2D eigenvalue weighted by Crippen LogP contribution is 2.25. The molecule has 2 amide bonds. The first-order chi connectivity index (χ1) is 18.8. The van der Waals surface area contributed by atoms with Gasteiger partial charge >= 0.3 is 6.03 Å². The van der Waals surface area contributed by atoms with Crippen molar-refractivity contribution in [1.29, 1.82) is 0 Å². The number of benzene rings is 2. The Hall–Kier alpha value is -3.22. The van der Waals surface area contributed by atoms with E-state index in [-0.39, 0.29) is 12.1 Å². The molecule has 0 aromatic heterocycles. The van der Waals surface area contributed by atoms with E-state index in [1.54, 1.807) is 24.3 Å². The van der Waals surface area contributed by atoms with Crippen molar-refractivity contribution in [2.75, 3.05) is 30.6 Å². The predicted octanol–water partition coefficient (Wildman–Crippen LogP) is 5.18. The Morgan fingerprint density at radius 3 is 2.18 bits per heavy atom. The van der Waals surface area contributed by atoms with Gasteiger partial charge in [0.1, 0.15) is 11.5 Å². The maximum absolute atomic E-state index is 13.1. The minimum Gasteiger partial charge on any atom is -0.457 e. The number of nitrogens with one attached hydrogen (secondary N) is 2. The SMILES string of the molecule is CC#CCN(C(=O)NC1CCN(Cc2ccc(Oc3ccc(NS(C)(=O)=O)cc3)cc2)CC1)C1CCCCC1. The van der Waals surface area contributed by atoms with Crippen molar-refractivity contribution < 1.29 is 17.9 Å². The van der Waals surface area contributed by atoms with Crippen LogP contribution < -0.4 is 14.8 Å². The Balaban J connectivity index is 1.22. The lowest BCUT2D eigenvalue weighted by molar-refractivity contribution is 0.149. The highest BCUT2D eigenvalue weighted by Gasteiger charge is 2.28. The molecule has 0 bridgehead atoms. The van der Waals surface area contributed by atoms with E-state index in [0.29, 0.717) is 24.0 Å². The normalized spacial score (nSPS) is 17.1. The van der Waals surface area contributed by atoms with Crippen LogP contribution >= 0.6 is 0 Å². The molecule has 2 fully saturated rings. The van der Waals surface area contributed by atoms with E-state index in [1.807, 2.05) is 24.0 Å². The van der Waals surface area contributed by atoms with Gasteiger partial charge in [0.15, 0.2) is 0 Å². The molecule has 1 saturated heterocycles. The van der Waals surface area contributed by atoms with Crippen LogP contribution in [-0.2, 0) is 16.6 Å². The second-order valence-corrected chi connectivity index (χ2v) is 12.2. The second kappa shape index (κ2) is 13.7. The molecule has 0 unspecified atom stereocenters. The average molecular weight is 553 g/mol. The fraction of sp³-hybridized carbons (Fsp3) is 0.500. The quantitative estimate of drug-likeness (QED) is 0.418. The zero-order chi connectivity index (χ0) is 27.7. The molecule has 9 heteroatoms. The average Bonchev–Trinajstić information content (AvgIpc) is 2.92. The summed E-state index contributed by atoms with van der Waals surface area (Å²) in [6.07, 6.45) is 8.81. The number of sulfonamides is 1. The fourth-order valence-electron chi connectivity index (χ4n) is 5.28. The predicted molar refractivity (Wildman–Crippen MR) is 155 cm³/mol. The first-order valence-electron chi connectivity index (χ1n) is 13.8. The third-order valence-electron chi connectivity index (χ3n) is 7.34. The summed E-state index contributed by atoms with van der Waals surface area (Å²) >= 11 is 0. The highest BCUT2D eigenvalue weighted by atomic mass is 32.2. The van der Waals surface area contributed by atoms with Gasteiger partial charge in [0, 0.05) is 37.4 Å². The summed E-state index contributed by atoms with van der Waals surface area (Å²) in [6.45, 7) is 5.07. The highest BCUT2D eigenvalue weighted by molar-refractivity contribution is 7.92. The number of hydrogen-bond acceptors (Lipinski definition) is 5. The van der Waals surface area contributed by atoms with E-state index >= 15 is 0 Å². The Labute approximate surface area is 233 Å². The summed E-state index contributed by atoms with van der Waals surface area (Å²) in [5.41, 5.74) is 1.70. The fourth-order valence-corrected chi connectivity index (χ4v) is 5.84. The lowest BCUT2D eigenvalue weighted by atomic mass is 9.94. The number of rotatable bonds is 9. The Kier molecular flexibility index (Phi) is 10.1. The topological polar surface area (TPSA) is 91.0 Å². The number of likely N-dealkylation sites (tertiary alicyclic amines) is 1. The van der Waals surface area contributed by atoms with Gasteiger partial charge in [-0.25, -0.2) is 13.2 Å². The van der Waals surface area contributed by atoms with Gasteiger partial charge in [-0.15, -0.1) is 5.92 Å². The molecule has 2 aromatic carbocycles. The first-order valence-corrected chi connectivity index (χ1v) is 15.7. The molecule has 39 heavy (non-hydrogen) atoms. The summed E-state index contributed by atoms with van der Waals surface area (Å²) in [6, 6.07) is 15.4. The first kappa shape index (κ1) is 28.8. The maximum atomic E-state index is 13.1. The molecule has 1 heterocycles. The molecule has 2 aliphatic rings. The van der Waals surface area contributed by atoms with Crippen LogP contribution in [0.2, 0.25) is 0 Å². The van der Waals surface area contributed by atoms with Gasteiger partial charge < -0.3 is 15.0 Å². The molecule has 210 valence electrons. The standard InChI is InChI=1S/C30H40N4O4S/c1-3-4-20-34(27-8-6-5-7-9-27)30(35)31-25-18-21-33(22-19-25)23-24-10-14-28(15-11-24)38-29-16-12-26(13-17-29)32-39(2,36)37/h10-17,25,27,32H,5-9,18-23H2,1-2H3,(H,31,35). The van der Waals surface area contributed by atoms with Gasteiger partial charge in [-0.2, -0.15) is 0 Å². The van der Waals surface area contributed by atoms with Crippen molar-refractivity contribution in [1.82, 2.24) is 15.1 Å². The van der Waals surface area contributed by atoms with Gasteiger partial charge in [-0.05, 0) is 74.6 Å². The number of anilines is 1. The third kappa shape index (κ3) is 9.19. The smallest absolute Gasteiger partial charge is 0.318 e. The van der Waals surface area contributed by atoms with Gasteiger partial charge in [0.25, 0.3) is 0 Å². The number of ether oxygens (including phenoxy) is 1. The number of amides is 2. The molecule has 4 rings (SSSR count). The van der Waals surface area contributed by atoms with E-state index in [1.165, 1.54) is 24.8 Å². The van der Waals surface area contributed by atoms with Crippen LogP contribution in [0.3, 0.4) is 0 Å². The van der Waals surface area contributed by atoms with Crippen LogP contribution in [0, 0.1) is 11.8 Å². The van der Waals surface area contributed by atoms with Crippen molar-refractivity contribution in [2.45, 2.75) is 70.5 Å². The van der Waals surface area contributed by atoms with E-state index in [4.69, 9.17) is 4.74 Å². The van der Waals surface area contributed by atoms with Gasteiger partial charge in [0.2, 0.25) is 10.0 Å². The Morgan fingerprint density at radius 1 is 0.974 bits per heavy atom. The van der Waals surface area contributed by atoms with Crippen LogP contribution in [0.1, 0.15) is 57.4 Å². The summed E-state index contributed by atoms with van der Waals surface area (Å²) in [5.74, 6) is 7.40. The van der Waals surface area contributed by atoms with E-state index in [0.717, 1.165) is 57.3 Å². The number of carbonyl (C=O) groups excluding carboxylic acids is 1. The number of hydrogen-bond donors (Lipinski definition) is 2. The van der Waals surface area contributed by atoms with E-state index < -0.39 is 10.0 Å². The van der Waals surface area contributed by atoms with Crippen molar-refractivity contribution in [2.24, 2.45) is 0 Å². The summed E-state index contributed by atoms with van der Waals surface area (Å²) < 4.78 is 31.0. The minimum atomic E-state index is -3.31. The molecule has 0 spiro atoms. The minimum absolute atomic E-state index is 0.0417. The summed E-state index contributed by atoms with van der Waals surface area (Å²) in [4.78, 5) is 17.5. The molecule has 1 aliphatic carbocycles. The van der Waals surface area contributed by atoms with Crippen molar-refractivity contribution in [3.63, 3.8) is 0 Å². The third-order valence-corrected chi connectivity index (χ3v) is 7.95. The van der Waals surface area contributed by atoms with Crippen LogP contribution in [-0.4, -0.2) is 62.2 Å². The van der Waals surface area contributed by atoms with Gasteiger partial charge in [0.05, 0.1) is 12.8 Å². The number of carbonyl (C=O) groups is 1. The number of urea groups is 1. The molecule has 1 aliphatic heterocycles. The lowest BCUT2D eigenvalue weighted by Gasteiger charge is -2.36. The zero-order valence-electron chi connectivity index (χ0n) is 23.0. The van der Waals surface area contributed by atoms with Crippen molar-refractivity contribution in [3.8, 4) is 23.3 Å². The Bertz CT molecular complexity index is 1240. The van der Waals surface area contributed by atoms with Crippen LogP contribution in [0.15, 0.2) is 48.5 Å². The molecule has 0 radical (unpaired) electrons. The van der Waals surface area contributed by atoms with Gasteiger partial charge in [-0.3, -0.25) is 9.62 Å². The number of nitrogens with zero attached hydrogens (tertiary/aromatic N) is 2.